The molecule has 2 aliphatic rings. The van der Waals surface area contributed by atoms with Crippen LogP contribution < -0.4 is 5.32 Å². The lowest BCUT2D eigenvalue weighted by atomic mass is 9.89. The van der Waals surface area contributed by atoms with Crippen molar-refractivity contribution in [1.29, 1.82) is 0 Å². The third-order valence-electron chi connectivity index (χ3n) is 3.93. The van der Waals surface area contributed by atoms with E-state index in [0.29, 0.717) is 18.8 Å². The van der Waals surface area contributed by atoms with Crippen LogP contribution in [0.3, 0.4) is 0 Å². The van der Waals surface area contributed by atoms with Gasteiger partial charge in [0.15, 0.2) is 5.79 Å². The first-order valence-corrected chi connectivity index (χ1v) is 7.81. The Balaban J connectivity index is 1.65. The monoisotopic (exact) mass is 339 g/mol. The molecule has 1 amide bonds. The number of ether oxygens (including phenoxy) is 2. The first-order chi connectivity index (χ1) is 9.69. The van der Waals surface area contributed by atoms with E-state index in [1.807, 2.05) is 24.3 Å². The number of nitrogens with one attached hydrogen (secondary N) is 1. The van der Waals surface area contributed by atoms with Gasteiger partial charge in [0.25, 0.3) is 5.91 Å². The van der Waals surface area contributed by atoms with Crippen molar-refractivity contribution in [3.8, 4) is 0 Å². The summed E-state index contributed by atoms with van der Waals surface area (Å²) in [7, 11) is 0. The topological polar surface area (TPSA) is 47.6 Å². The van der Waals surface area contributed by atoms with Gasteiger partial charge >= 0.3 is 0 Å². The van der Waals surface area contributed by atoms with Gasteiger partial charge in [0.1, 0.15) is 0 Å². The van der Waals surface area contributed by atoms with Gasteiger partial charge in [0.2, 0.25) is 0 Å². The smallest absolute Gasteiger partial charge is 0.252 e. The number of halogens is 1. The highest BCUT2D eigenvalue weighted by atomic mass is 79.9. The van der Waals surface area contributed by atoms with Crippen molar-refractivity contribution >= 4 is 21.8 Å². The van der Waals surface area contributed by atoms with Crippen LogP contribution in [0, 0.1) is 0 Å². The molecule has 2 fully saturated rings. The average molecular weight is 340 g/mol. The fraction of sp³-hybridized carbons (Fsp3) is 0.533. The number of hydrogen-bond donors (Lipinski definition) is 1. The van der Waals surface area contributed by atoms with E-state index in [-0.39, 0.29) is 11.9 Å². The fourth-order valence-electron chi connectivity index (χ4n) is 2.99. The molecule has 4 nitrogen and oxygen atoms in total. The molecule has 1 spiro atoms. The second-order valence-electron chi connectivity index (χ2n) is 5.35. The van der Waals surface area contributed by atoms with Gasteiger partial charge in [-0.15, -0.1) is 0 Å². The van der Waals surface area contributed by atoms with Gasteiger partial charge in [0, 0.05) is 23.4 Å². The molecule has 0 radical (unpaired) electrons. The van der Waals surface area contributed by atoms with Crippen LogP contribution >= 0.6 is 15.9 Å². The number of carbonyl (C=O) groups excluding carboxylic acids is 1. The lowest BCUT2D eigenvalue weighted by molar-refractivity contribution is -0.181. The summed E-state index contributed by atoms with van der Waals surface area (Å²) in [4.78, 5) is 12.3. The van der Waals surface area contributed by atoms with Gasteiger partial charge in [-0.3, -0.25) is 4.79 Å². The molecule has 1 unspecified atom stereocenters. The van der Waals surface area contributed by atoms with Crippen molar-refractivity contribution in [2.45, 2.75) is 37.5 Å². The zero-order valence-corrected chi connectivity index (χ0v) is 12.8. The molecule has 3 rings (SSSR count). The van der Waals surface area contributed by atoms with E-state index < -0.39 is 5.79 Å². The van der Waals surface area contributed by atoms with E-state index in [2.05, 4.69) is 21.2 Å². The Hall–Kier alpha value is -0.910. The molecule has 1 saturated carbocycles. The number of amides is 1. The highest BCUT2D eigenvalue weighted by Crippen LogP contribution is 2.35. The molecule has 1 aliphatic carbocycles. The van der Waals surface area contributed by atoms with Crippen molar-refractivity contribution in [2.75, 3.05) is 13.2 Å². The largest absolute Gasteiger partial charge is 0.349 e. The first-order valence-electron chi connectivity index (χ1n) is 7.02. The number of benzene rings is 1. The Labute approximate surface area is 127 Å². The summed E-state index contributed by atoms with van der Waals surface area (Å²) in [6.07, 6.45) is 3.66. The quantitative estimate of drug-likeness (QED) is 0.901. The highest BCUT2D eigenvalue weighted by Gasteiger charge is 2.41. The van der Waals surface area contributed by atoms with Crippen LogP contribution in [-0.2, 0) is 9.47 Å². The van der Waals surface area contributed by atoms with E-state index >= 15 is 0 Å². The Morgan fingerprint density at radius 1 is 1.30 bits per heavy atom. The van der Waals surface area contributed by atoms with Crippen LogP contribution in [0.5, 0.6) is 0 Å². The highest BCUT2D eigenvalue weighted by molar-refractivity contribution is 9.10. The molecule has 1 aliphatic heterocycles. The van der Waals surface area contributed by atoms with Gasteiger partial charge in [-0.25, -0.2) is 0 Å². The van der Waals surface area contributed by atoms with E-state index in [1.165, 1.54) is 0 Å². The summed E-state index contributed by atoms with van der Waals surface area (Å²) < 4.78 is 12.3. The lowest BCUT2D eigenvalue weighted by Crippen LogP contribution is -2.46. The zero-order valence-electron chi connectivity index (χ0n) is 11.2. The number of carbonyl (C=O) groups is 1. The third-order valence-corrected chi connectivity index (χ3v) is 4.63. The normalized spacial score (nSPS) is 24.8. The fourth-order valence-corrected chi connectivity index (χ4v) is 3.45. The van der Waals surface area contributed by atoms with Crippen LogP contribution in [0.2, 0.25) is 0 Å². The van der Waals surface area contributed by atoms with Crippen molar-refractivity contribution in [2.24, 2.45) is 0 Å². The summed E-state index contributed by atoms with van der Waals surface area (Å²) in [6.45, 7) is 1.32. The zero-order chi connectivity index (χ0) is 14.0. The molecule has 1 aromatic rings. The molecular weight excluding hydrogens is 322 g/mol. The molecule has 0 bridgehead atoms. The lowest BCUT2D eigenvalue weighted by Gasteiger charge is -2.36. The predicted octanol–water partition coefficient (Wildman–Crippen LogP) is 2.86. The maximum atomic E-state index is 12.3. The average Bonchev–Trinajstić information content (AvgIpc) is 2.87. The number of hydrogen-bond acceptors (Lipinski definition) is 3. The Kier molecular flexibility index (Phi) is 4.10. The molecule has 1 aromatic carbocycles. The van der Waals surface area contributed by atoms with Crippen molar-refractivity contribution in [3.63, 3.8) is 0 Å². The van der Waals surface area contributed by atoms with Crippen molar-refractivity contribution < 1.29 is 14.3 Å². The SMILES string of the molecule is O=C(NC1CCCC2(C1)OCCO2)c1ccccc1Br. The van der Waals surface area contributed by atoms with Crippen LogP contribution in [-0.4, -0.2) is 30.9 Å². The standard InChI is InChI=1S/C15H18BrNO3/c16-13-6-2-1-5-12(13)14(18)17-11-4-3-7-15(10-11)19-8-9-20-15/h1-2,5-6,11H,3-4,7-10H2,(H,17,18). The van der Waals surface area contributed by atoms with Gasteiger partial charge in [-0.05, 0) is 40.9 Å². The Morgan fingerprint density at radius 3 is 2.80 bits per heavy atom. The van der Waals surface area contributed by atoms with Crippen LogP contribution in [0.25, 0.3) is 0 Å². The molecule has 1 N–H and O–H groups in total. The van der Waals surface area contributed by atoms with E-state index in [9.17, 15) is 4.79 Å². The van der Waals surface area contributed by atoms with Crippen molar-refractivity contribution in [3.05, 3.63) is 34.3 Å². The van der Waals surface area contributed by atoms with Gasteiger partial charge in [-0.1, -0.05) is 12.1 Å². The second kappa shape index (κ2) is 5.84. The maximum absolute atomic E-state index is 12.3. The van der Waals surface area contributed by atoms with E-state index in [0.717, 1.165) is 30.2 Å². The van der Waals surface area contributed by atoms with Crippen LogP contribution in [0.15, 0.2) is 28.7 Å². The molecule has 20 heavy (non-hydrogen) atoms. The molecule has 5 heteroatoms. The summed E-state index contributed by atoms with van der Waals surface area (Å²) in [5, 5.41) is 3.10. The molecule has 108 valence electrons. The molecular formula is C15H18BrNO3. The second-order valence-corrected chi connectivity index (χ2v) is 6.21. The van der Waals surface area contributed by atoms with Crippen LogP contribution in [0.1, 0.15) is 36.0 Å². The minimum atomic E-state index is -0.454. The molecule has 1 heterocycles. The number of rotatable bonds is 2. The minimum Gasteiger partial charge on any atom is -0.349 e. The van der Waals surface area contributed by atoms with Crippen molar-refractivity contribution in [1.82, 2.24) is 5.32 Å². The summed E-state index contributed by atoms with van der Waals surface area (Å²) >= 11 is 3.41. The summed E-state index contributed by atoms with van der Waals surface area (Å²) in [6, 6.07) is 7.57. The third kappa shape index (κ3) is 2.90. The summed E-state index contributed by atoms with van der Waals surface area (Å²) in [5.74, 6) is -0.498. The first kappa shape index (κ1) is 14.0. The molecule has 1 saturated heterocycles. The van der Waals surface area contributed by atoms with Crippen LogP contribution in [0.4, 0.5) is 0 Å². The summed E-state index contributed by atoms with van der Waals surface area (Å²) in [5.41, 5.74) is 0.667. The van der Waals surface area contributed by atoms with E-state index in [1.54, 1.807) is 0 Å². The van der Waals surface area contributed by atoms with E-state index in [4.69, 9.17) is 9.47 Å². The Bertz CT molecular complexity index is 500. The van der Waals surface area contributed by atoms with Gasteiger partial charge in [-0.2, -0.15) is 0 Å². The Morgan fingerprint density at radius 2 is 2.05 bits per heavy atom. The predicted molar refractivity (Wildman–Crippen MR) is 78.5 cm³/mol. The minimum absolute atomic E-state index is 0.0440. The maximum Gasteiger partial charge on any atom is 0.252 e. The molecule has 1 atom stereocenters. The molecule has 0 aromatic heterocycles. The van der Waals surface area contributed by atoms with Gasteiger partial charge in [0.05, 0.1) is 18.8 Å². The van der Waals surface area contributed by atoms with Gasteiger partial charge < -0.3 is 14.8 Å².